The summed E-state index contributed by atoms with van der Waals surface area (Å²) >= 11 is 17.3. The van der Waals surface area contributed by atoms with Gasteiger partial charge in [0.05, 0.1) is 0 Å². The molecule has 0 N–H and O–H groups in total. The quantitative estimate of drug-likeness (QED) is 0.398. The molecule has 0 aromatic carbocycles. The summed E-state index contributed by atoms with van der Waals surface area (Å²) in [4.78, 5) is 0. The van der Waals surface area contributed by atoms with Crippen molar-refractivity contribution in [3.05, 3.63) is 0 Å². The van der Waals surface area contributed by atoms with E-state index < -0.39 is 0 Å². The van der Waals surface area contributed by atoms with E-state index in [4.69, 9.17) is 0 Å². The molecule has 0 aromatic rings. The van der Waals surface area contributed by atoms with Crippen LogP contribution in [0.2, 0.25) is 0 Å². The third kappa shape index (κ3) is 8.02. The Bertz CT molecular complexity index is 105. The van der Waals surface area contributed by atoms with E-state index in [2.05, 4.69) is 57.4 Å². The summed E-state index contributed by atoms with van der Waals surface area (Å²) in [7, 11) is 0. The van der Waals surface area contributed by atoms with E-state index in [-0.39, 0.29) is 4.58 Å². The van der Waals surface area contributed by atoms with Gasteiger partial charge in [0.2, 0.25) is 0 Å². The van der Waals surface area contributed by atoms with Gasteiger partial charge < -0.3 is 0 Å². The zero-order valence-corrected chi connectivity index (χ0v) is 10.9. The molecule has 0 bridgehead atoms. The summed E-state index contributed by atoms with van der Waals surface area (Å²) < 4.78 is 0.160. The number of thiol groups is 4. The first-order valence-electron chi connectivity index (χ1n) is 4.28. The molecule has 12 heavy (non-hydrogen) atoms. The predicted octanol–water partition coefficient (Wildman–Crippen LogP) is 3.35. The van der Waals surface area contributed by atoms with Crippen molar-refractivity contribution < 1.29 is 0 Å². The Labute approximate surface area is 97.9 Å². The summed E-state index contributed by atoms with van der Waals surface area (Å²) in [5, 5.41) is 0.948. The minimum absolute atomic E-state index is 0.160. The normalized spacial score (nSPS) is 16.5. The second-order valence-corrected chi connectivity index (χ2v) is 6.12. The summed E-state index contributed by atoms with van der Waals surface area (Å²) in [5.74, 6) is 0. The molecule has 0 rings (SSSR count). The van der Waals surface area contributed by atoms with E-state index in [1.54, 1.807) is 0 Å². The highest BCUT2D eigenvalue weighted by Gasteiger charge is 2.08. The number of hydrogen-bond donors (Lipinski definition) is 4. The topological polar surface area (TPSA) is 0 Å². The van der Waals surface area contributed by atoms with Gasteiger partial charge in [-0.25, -0.2) is 0 Å². The molecule has 4 heteroatoms. The van der Waals surface area contributed by atoms with Crippen molar-refractivity contribution in [3.8, 4) is 0 Å². The molecule has 0 amide bonds. The van der Waals surface area contributed by atoms with Crippen LogP contribution in [-0.4, -0.2) is 15.1 Å². The third-order valence-electron chi connectivity index (χ3n) is 1.79. The summed E-state index contributed by atoms with van der Waals surface area (Å²) in [6.07, 6.45) is 4.35. The average molecular weight is 243 g/mol. The first-order chi connectivity index (χ1) is 5.56. The van der Waals surface area contributed by atoms with Gasteiger partial charge in [-0.15, -0.1) is 0 Å². The molecule has 0 heterocycles. The Kier molecular flexibility index (Phi) is 8.68. The van der Waals surface area contributed by atoms with Crippen molar-refractivity contribution >= 4 is 50.5 Å². The van der Waals surface area contributed by atoms with Crippen molar-refractivity contribution in [1.82, 2.24) is 0 Å². The fourth-order valence-electron chi connectivity index (χ4n) is 0.950. The van der Waals surface area contributed by atoms with Gasteiger partial charge >= 0.3 is 0 Å². The molecule has 0 spiro atoms. The van der Waals surface area contributed by atoms with Gasteiger partial charge in [0.1, 0.15) is 0 Å². The molecule has 0 aromatic heterocycles. The van der Waals surface area contributed by atoms with Crippen molar-refractivity contribution in [3.63, 3.8) is 0 Å². The lowest BCUT2D eigenvalue weighted by atomic mass is 10.1. The molecule has 0 nitrogen and oxygen atoms in total. The summed E-state index contributed by atoms with van der Waals surface area (Å²) in [6.45, 7) is 2.16. The molecule has 0 aliphatic heterocycles. The standard InChI is InChI=1S/C8H18S4/c1-2-6(9)3-4-7(10)5-8(11)12/h6-12H,2-5H2,1H3. The Hall–Kier alpha value is 1.40. The fraction of sp³-hybridized carbons (Fsp3) is 1.00. The second kappa shape index (κ2) is 7.77. The highest BCUT2D eigenvalue weighted by molar-refractivity contribution is 7.99. The Morgan fingerprint density at radius 1 is 0.917 bits per heavy atom. The Morgan fingerprint density at radius 2 is 1.42 bits per heavy atom. The van der Waals surface area contributed by atoms with Crippen LogP contribution in [0.25, 0.3) is 0 Å². The van der Waals surface area contributed by atoms with Crippen LogP contribution in [0.5, 0.6) is 0 Å². The molecule has 2 unspecified atom stereocenters. The monoisotopic (exact) mass is 242 g/mol. The molecule has 0 fully saturated rings. The minimum atomic E-state index is 0.160. The van der Waals surface area contributed by atoms with Crippen LogP contribution in [0.4, 0.5) is 0 Å². The van der Waals surface area contributed by atoms with Crippen molar-refractivity contribution in [2.24, 2.45) is 0 Å². The lowest BCUT2D eigenvalue weighted by Gasteiger charge is -2.14. The van der Waals surface area contributed by atoms with Crippen LogP contribution >= 0.6 is 50.5 Å². The van der Waals surface area contributed by atoms with E-state index in [0.717, 1.165) is 25.7 Å². The predicted molar refractivity (Wildman–Crippen MR) is 71.5 cm³/mol. The van der Waals surface area contributed by atoms with Crippen LogP contribution in [0.15, 0.2) is 0 Å². The maximum absolute atomic E-state index is 4.45. The van der Waals surface area contributed by atoms with Crippen LogP contribution in [0, 0.1) is 0 Å². The highest BCUT2D eigenvalue weighted by Crippen LogP contribution is 2.20. The van der Waals surface area contributed by atoms with Gasteiger partial charge in [-0.1, -0.05) is 6.92 Å². The van der Waals surface area contributed by atoms with Gasteiger partial charge in [-0.2, -0.15) is 50.5 Å². The highest BCUT2D eigenvalue weighted by atomic mass is 32.2. The van der Waals surface area contributed by atoms with E-state index in [1.165, 1.54) is 0 Å². The molecular weight excluding hydrogens is 224 g/mol. The van der Waals surface area contributed by atoms with Gasteiger partial charge in [-0.05, 0) is 25.7 Å². The Balaban J connectivity index is 3.36. The molecule has 0 saturated heterocycles. The van der Waals surface area contributed by atoms with E-state index in [1.807, 2.05) is 0 Å². The molecule has 0 aliphatic carbocycles. The van der Waals surface area contributed by atoms with Crippen LogP contribution < -0.4 is 0 Å². The zero-order chi connectivity index (χ0) is 9.56. The zero-order valence-electron chi connectivity index (χ0n) is 7.35. The first kappa shape index (κ1) is 13.4. The van der Waals surface area contributed by atoms with Crippen molar-refractivity contribution in [2.75, 3.05) is 0 Å². The van der Waals surface area contributed by atoms with Crippen molar-refractivity contribution in [1.29, 1.82) is 0 Å². The van der Waals surface area contributed by atoms with Gasteiger partial charge in [0.25, 0.3) is 0 Å². The molecule has 74 valence electrons. The molecule has 0 aliphatic rings. The fourth-order valence-corrected chi connectivity index (χ4v) is 2.30. The Morgan fingerprint density at radius 3 is 1.83 bits per heavy atom. The van der Waals surface area contributed by atoms with Crippen molar-refractivity contribution in [2.45, 2.75) is 47.7 Å². The summed E-state index contributed by atoms with van der Waals surface area (Å²) in [6, 6.07) is 0. The van der Waals surface area contributed by atoms with Crippen LogP contribution in [-0.2, 0) is 0 Å². The lowest BCUT2D eigenvalue weighted by Crippen LogP contribution is -2.07. The largest absolute Gasteiger partial charge is 0.176 e. The smallest absolute Gasteiger partial charge is 0.0452 e. The van der Waals surface area contributed by atoms with E-state index in [9.17, 15) is 0 Å². The minimum Gasteiger partial charge on any atom is -0.176 e. The SMILES string of the molecule is CCC(S)CCC(S)CC(S)S. The molecular formula is C8H18S4. The maximum atomic E-state index is 4.45. The van der Waals surface area contributed by atoms with Crippen LogP contribution in [0.1, 0.15) is 32.6 Å². The van der Waals surface area contributed by atoms with Crippen LogP contribution in [0.3, 0.4) is 0 Å². The second-order valence-electron chi connectivity index (χ2n) is 3.01. The molecule has 0 radical (unpaired) electrons. The molecule has 0 saturated carbocycles. The third-order valence-corrected chi connectivity index (χ3v) is 3.30. The lowest BCUT2D eigenvalue weighted by molar-refractivity contribution is 0.650. The van der Waals surface area contributed by atoms with E-state index in [0.29, 0.717) is 10.5 Å². The van der Waals surface area contributed by atoms with E-state index >= 15 is 0 Å². The molecule has 2 atom stereocenters. The number of rotatable bonds is 6. The maximum Gasteiger partial charge on any atom is 0.0452 e. The number of hydrogen-bond acceptors (Lipinski definition) is 4. The summed E-state index contributed by atoms with van der Waals surface area (Å²) in [5.41, 5.74) is 0. The van der Waals surface area contributed by atoms with Gasteiger partial charge in [-0.3, -0.25) is 0 Å². The first-order valence-corrected chi connectivity index (χ1v) is 6.35. The van der Waals surface area contributed by atoms with Gasteiger partial charge in [0.15, 0.2) is 0 Å². The van der Waals surface area contributed by atoms with Gasteiger partial charge in [0, 0.05) is 15.1 Å². The average Bonchev–Trinajstić information content (AvgIpc) is 1.99.